The molecule has 1 aromatic rings. The number of fused-ring (bicyclic) bond motifs is 1. The van der Waals surface area contributed by atoms with Crippen LogP contribution in [-0.4, -0.2) is 13.2 Å². The molecule has 1 heterocycles. The normalized spacial score (nSPS) is 20.3. The van der Waals surface area contributed by atoms with Gasteiger partial charge in [0.2, 0.25) is 0 Å². The standard InChI is InChI=1S/C12H16FNO/c13-11-3-1-2-10-8-9(4-6-14)5-7-15-12(10)11/h1-3,9H,4-8,14H2. The van der Waals surface area contributed by atoms with Crippen molar-refractivity contribution in [1.82, 2.24) is 0 Å². The molecule has 1 aliphatic rings. The summed E-state index contributed by atoms with van der Waals surface area (Å²) < 4.78 is 18.9. The monoisotopic (exact) mass is 209 g/mol. The minimum Gasteiger partial charge on any atom is -0.490 e. The van der Waals surface area contributed by atoms with Gasteiger partial charge in [-0.25, -0.2) is 4.39 Å². The van der Waals surface area contributed by atoms with E-state index in [1.807, 2.05) is 6.07 Å². The molecular weight excluding hydrogens is 193 g/mol. The van der Waals surface area contributed by atoms with E-state index in [0.717, 1.165) is 24.8 Å². The second-order valence-corrected chi connectivity index (χ2v) is 4.01. The van der Waals surface area contributed by atoms with E-state index in [1.54, 1.807) is 6.07 Å². The topological polar surface area (TPSA) is 35.2 Å². The van der Waals surface area contributed by atoms with Gasteiger partial charge in [-0.05, 0) is 43.4 Å². The van der Waals surface area contributed by atoms with Crippen LogP contribution in [-0.2, 0) is 6.42 Å². The van der Waals surface area contributed by atoms with Crippen LogP contribution in [0.5, 0.6) is 5.75 Å². The summed E-state index contributed by atoms with van der Waals surface area (Å²) in [6, 6.07) is 5.12. The molecular formula is C12H16FNO. The zero-order valence-corrected chi connectivity index (χ0v) is 8.71. The predicted molar refractivity (Wildman–Crippen MR) is 57.4 cm³/mol. The van der Waals surface area contributed by atoms with Gasteiger partial charge in [-0.3, -0.25) is 0 Å². The van der Waals surface area contributed by atoms with Crippen LogP contribution >= 0.6 is 0 Å². The smallest absolute Gasteiger partial charge is 0.165 e. The number of para-hydroxylation sites is 1. The second kappa shape index (κ2) is 4.62. The Morgan fingerprint density at radius 2 is 2.33 bits per heavy atom. The van der Waals surface area contributed by atoms with Crippen LogP contribution in [0.2, 0.25) is 0 Å². The maximum atomic E-state index is 13.4. The number of benzene rings is 1. The van der Waals surface area contributed by atoms with E-state index in [4.69, 9.17) is 10.5 Å². The molecule has 0 radical (unpaired) electrons. The third-order valence-electron chi connectivity index (χ3n) is 2.90. The van der Waals surface area contributed by atoms with Crippen molar-refractivity contribution in [3.05, 3.63) is 29.6 Å². The van der Waals surface area contributed by atoms with Crippen molar-refractivity contribution in [1.29, 1.82) is 0 Å². The first-order chi connectivity index (χ1) is 7.31. The molecule has 0 saturated heterocycles. The summed E-state index contributed by atoms with van der Waals surface area (Å²) in [6.07, 6.45) is 2.83. The molecule has 3 heteroatoms. The molecule has 0 bridgehead atoms. The van der Waals surface area contributed by atoms with Crippen LogP contribution in [0, 0.1) is 11.7 Å². The Labute approximate surface area is 89.2 Å². The molecule has 1 atom stereocenters. The zero-order chi connectivity index (χ0) is 10.7. The highest BCUT2D eigenvalue weighted by atomic mass is 19.1. The average Bonchev–Trinajstić information content (AvgIpc) is 2.41. The summed E-state index contributed by atoms with van der Waals surface area (Å²) >= 11 is 0. The number of hydrogen-bond donors (Lipinski definition) is 1. The molecule has 2 nitrogen and oxygen atoms in total. The van der Waals surface area contributed by atoms with Crippen LogP contribution in [0.25, 0.3) is 0 Å². The van der Waals surface area contributed by atoms with Crippen molar-refractivity contribution in [2.75, 3.05) is 13.2 Å². The van der Waals surface area contributed by atoms with Crippen molar-refractivity contribution in [2.24, 2.45) is 11.7 Å². The summed E-state index contributed by atoms with van der Waals surface area (Å²) in [5.74, 6) is 0.718. The molecule has 0 spiro atoms. The molecule has 0 amide bonds. The first kappa shape index (κ1) is 10.4. The molecule has 0 aliphatic carbocycles. The first-order valence-corrected chi connectivity index (χ1v) is 5.41. The summed E-state index contributed by atoms with van der Waals surface area (Å²) in [5, 5.41) is 0. The van der Waals surface area contributed by atoms with E-state index >= 15 is 0 Å². The van der Waals surface area contributed by atoms with Gasteiger partial charge in [-0.1, -0.05) is 12.1 Å². The van der Waals surface area contributed by atoms with Crippen LogP contribution in [0.3, 0.4) is 0 Å². The zero-order valence-electron chi connectivity index (χ0n) is 8.71. The maximum Gasteiger partial charge on any atom is 0.165 e. The van der Waals surface area contributed by atoms with Crippen molar-refractivity contribution in [3.63, 3.8) is 0 Å². The third kappa shape index (κ3) is 2.29. The van der Waals surface area contributed by atoms with Gasteiger partial charge in [0.1, 0.15) is 0 Å². The number of nitrogens with two attached hydrogens (primary N) is 1. The lowest BCUT2D eigenvalue weighted by molar-refractivity contribution is 0.280. The van der Waals surface area contributed by atoms with E-state index in [1.165, 1.54) is 6.07 Å². The molecule has 1 unspecified atom stereocenters. The fourth-order valence-corrected chi connectivity index (χ4v) is 2.10. The Hall–Kier alpha value is -1.09. The number of rotatable bonds is 2. The average molecular weight is 209 g/mol. The summed E-state index contributed by atoms with van der Waals surface area (Å²) in [6.45, 7) is 1.29. The van der Waals surface area contributed by atoms with Gasteiger partial charge < -0.3 is 10.5 Å². The Balaban J connectivity index is 2.22. The van der Waals surface area contributed by atoms with Gasteiger partial charge in [-0.2, -0.15) is 0 Å². The number of hydrogen-bond acceptors (Lipinski definition) is 2. The molecule has 15 heavy (non-hydrogen) atoms. The van der Waals surface area contributed by atoms with Crippen LogP contribution < -0.4 is 10.5 Å². The second-order valence-electron chi connectivity index (χ2n) is 4.01. The molecule has 0 saturated carbocycles. The lowest BCUT2D eigenvalue weighted by Gasteiger charge is -2.11. The minimum atomic E-state index is -0.249. The van der Waals surface area contributed by atoms with E-state index < -0.39 is 0 Å². The first-order valence-electron chi connectivity index (χ1n) is 5.41. The largest absolute Gasteiger partial charge is 0.490 e. The third-order valence-corrected chi connectivity index (χ3v) is 2.90. The quantitative estimate of drug-likeness (QED) is 0.809. The molecule has 2 rings (SSSR count). The fourth-order valence-electron chi connectivity index (χ4n) is 2.10. The summed E-state index contributed by atoms with van der Waals surface area (Å²) in [7, 11) is 0. The molecule has 1 aromatic carbocycles. The predicted octanol–water partition coefficient (Wildman–Crippen LogP) is 2.12. The molecule has 0 aromatic heterocycles. The Kier molecular flexibility index (Phi) is 3.21. The molecule has 2 N–H and O–H groups in total. The van der Waals surface area contributed by atoms with Crippen LogP contribution in [0.4, 0.5) is 4.39 Å². The highest BCUT2D eigenvalue weighted by Crippen LogP contribution is 2.30. The highest BCUT2D eigenvalue weighted by molar-refractivity contribution is 5.35. The van der Waals surface area contributed by atoms with Gasteiger partial charge in [-0.15, -0.1) is 0 Å². The minimum absolute atomic E-state index is 0.249. The summed E-state index contributed by atoms with van der Waals surface area (Å²) in [4.78, 5) is 0. The van der Waals surface area contributed by atoms with Crippen LogP contribution in [0.1, 0.15) is 18.4 Å². The van der Waals surface area contributed by atoms with Crippen molar-refractivity contribution in [3.8, 4) is 5.75 Å². The van der Waals surface area contributed by atoms with Gasteiger partial charge >= 0.3 is 0 Å². The van der Waals surface area contributed by atoms with E-state index in [-0.39, 0.29) is 5.82 Å². The number of ether oxygens (including phenoxy) is 1. The van der Waals surface area contributed by atoms with E-state index in [0.29, 0.717) is 24.8 Å². The van der Waals surface area contributed by atoms with Crippen molar-refractivity contribution in [2.45, 2.75) is 19.3 Å². The van der Waals surface area contributed by atoms with Crippen molar-refractivity contribution < 1.29 is 9.13 Å². The van der Waals surface area contributed by atoms with E-state index in [9.17, 15) is 4.39 Å². The Bertz CT molecular complexity index is 340. The van der Waals surface area contributed by atoms with Gasteiger partial charge in [0.25, 0.3) is 0 Å². The SMILES string of the molecule is NCCC1CCOc2c(F)cccc2C1. The highest BCUT2D eigenvalue weighted by Gasteiger charge is 2.19. The molecule has 0 fully saturated rings. The van der Waals surface area contributed by atoms with Gasteiger partial charge in [0.05, 0.1) is 6.61 Å². The van der Waals surface area contributed by atoms with Gasteiger partial charge in [0.15, 0.2) is 11.6 Å². The van der Waals surface area contributed by atoms with Crippen LogP contribution in [0.15, 0.2) is 18.2 Å². The lowest BCUT2D eigenvalue weighted by Crippen LogP contribution is -2.11. The Morgan fingerprint density at radius 1 is 1.47 bits per heavy atom. The summed E-state index contributed by atoms with van der Waals surface area (Å²) in [5.41, 5.74) is 6.52. The molecule has 82 valence electrons. The van der Waals surface area contributed by atoms with Gasteiger partial charge in [0, 0.05) is 0 Å². The fraction of sp³-hybridized carbons (Fsp3) is 0.500. The van der Waals surface area contributed by atoms with E-state index in [2.05, 4.69) is 0 Å². The lowest BCUT2D eigenvalue weighted by atomic mass is 9.94. The number of halogens is 1. The molecule has 1 aliphatic heterocycles. The Morgan fingerprint density at radius 3 is 3.13 bits per heavy atom. The maximum absolute atomic E-state index is 13.4. The van der Waals surface area contributed by atoms with Crippen molar-refractivity contribution >= 4 is 0 Å².